The molecule has 4 rings (SSSR count). The van der Waals surface area contributed by atoms with Crippen LogP contribution in [0.4, 0.5) is 0 Å². The van der Waals surface area contributed by atoms with Gasteiger partial charge in [0.25, 0.3) is 0 Å². The van der Waals surface area contributed by atoms with E-state index in [9.17, 15) is 4.79 Å². The predicted octanol–water partition coefficient (Wildman–Crippen LogP) is 5.23. The van der Waals surface area contributed by atoms with Crippen molar-refractivity contribution in [1.29, 1.82) is 0 Å². The Hall–Kier alpha value is -3.33. The summed E-state index contributed by atoms with van der Waals surface area (Å²) in [4.78, 5) is 15.6. The second-order valence-electron chi connectivity index (χ2n) is 5.95. The van der Waals surface area contributed by atoms with Crippen LogP contribution in [0.5, 0.6) is 5.75 Å². The summed E-state index contributed by atoms with van der Waals surface area (Å²) in [5.41, 5.74) is 2.77. The van der Waals surface area contributed by atoms with Crippen LogP contribution in [0.1, 0.15) is 15.9 Å². The van der Waals surface area contributed by atoms with E-state index in [0.717, 1.165) is 33.0 Å². The number of benzene rings is 3. The number of carbonyl (C=O) groups is 1. The van der Waals surface area contributed by atoms with Gasteiger partial charge in [0.15, 0.2) is 5.78 Å². The number of methoxy groups -OCH3 is 1. The zero-order valence-corrected chi connectivity index (χ0v) is 13.8. The summed E-state index contributed by atoms with van der Waals surface area (Å²) < 4.78 is 5.23. The summed E-state index contributed by atoms with van der Waals surface area (Å²) in [7, 11) is 1.65. The van der Waals surface area contributed by atoms with Crippen LogP contribution in [-0.4, -0.2) is 17.9 Å². The Morgan fingerprint density at radius 2 is 1.76 bits per heavy atom. The Kier molecular flexibility index (Phi) is 3.82. The highest BCUT2D eigenvalue weighted by atomic mass is 16.5. The van der Waals surface area contributed by atoms with Gasteiger partial charge in [-0.15, -0.1) is 0 Å². The van der Waals surface area contributed by atoms with Crippen LogP contribution in [0.15, 0.2) is 72.9 Å². The molecule has 1 heterocycles. The maximum atomic E-state index is 12.5. The molecule has 0 saturated carbocycles. The minimum Gasteiger partial charge on any atom is -0.497 e. The van der Waals surface area contributed by atoms with Crippen LogP contribution < -0.4 is 4.74 Å². The van der Waals surface area contributed by atoms with E-state index < -0.39 is 0 Å². The molecular weight excluding hydrogens is 310 g/mol. The average Bonchev–Trinajstić information content (AvgIpc) is 3.13. The largest absolute Gasteiger partial charge is 0.497 e. The molecule has 3 aromatic carbocycles. The maximum absolute atomic E-state index is 12.5. The third-order valence-corrected chi connectivity index (χ3v) is 4.34. The number of fused-ring (bicyclic) bond motifs is 2. The molecule has 0 saturated heterocycles. The normalized spacial score (nSPS) is 11.4. The summed E-state index contributed by atoms with van der Waals surface area (Å²) in [5, 5.41) is 3.21. The summed E-state index contributed by atoms with van der Waals surface area (Å²) >= 11 is 0. The summed E-state index contributed by atoms with van der Waals surface area (Å²) in [5.74, 6) is 0.804. The number of ether oxygens (including phenoxy) is 1. The predicted molar refractivity (Wildman–Crippen MR) is 102 cm³/mol. The molecule has 3 nitrogen and oxygen atoms in total. The molecule has 0 unspecified atom stereocenters. The number of H-pyrrole nitrogens is 1. The molecule has 0 aliphatic carbocycles. The second kappa shape index (κ2) is 6.29. The fourth-order valence-corrected chi connectivity index (χ4v) is 2.95. The molecule has 4 aromatic rings. The van der Waals surface area contributed by atoms with E-state index in [0.29, 0.717) is 5.56 Å². The lowest BCUT2D eigenvalue weighted by atomic mass is 10.0. The van der Waals surface area contributed by atoms with Crippen molar-refractivity contribution in [2.24, 2.45) is 0 Å². The number of allylic oxidation sites excluding steroid dienone is 1. The van der Waals surface area contributed by atoms with E-state index >= 15 is 0 Å². The monoisotopic (exact) mass is 327 g/mol. The van der Waals surface area contributed by atoms with Gasteiger partial charge in [-0.1, -0.05) is 30.3 Å². The number of ketones is 1. The van der Waals surface area contributed by atoms with Crippen LogP contribution in [0.3, 0.4) is 0 Å². The third-order valence-electron chi connectivity index (χ3n) is 4.34. The smallest absolute Gasteiger partial charge is 0.185 e. The van der Waals surface area contributed by atoms with Crippen LogP contribution >= 0.6 is 0 Å². The van der Waals surface area contributed by atoms with Gasteiger partial charge in [0.2, 0.25) is 0 Å². The van der Waals surface area contributed by atoms with Crippen molar-refractivity contribution in [3.63, 3.8) is 0 Å². The number of aromatic nitrogens is 1. The van der Waals surface area contributed by atoms with Gasteiger partial charge in [-0.3, -0.25) is 4.79 Å². The lowest BCUT2D eigenvalue weighted by Crippen LogP contribution is -1.94. The van der Waals surface area contributed by atoms with Crippen molar-refractivity contribution in [3.05, 3.63) is 84.1 Å². The Bertz CT molecular complexity index is 1110. The fourth-order valence-electron chi connectivity index (χ4n) is 2.95. The van der Waals surface area contributed by atoms with Gasteiger partial charge in [-0.05, 0) is 64.2 Å². The number of aromatic amines is 1. The molecule has 0 amide bonds. The molecule has 1 N–H and O–H groups in total. The number of nitrogens with one attached hydrogen (secondary N) is 1. The Labute approximate surface area is 145 Å². The van der Waals surface area contributed by atoms with Crippen LogP contribution in [-0.2, 0) is 0 Å². The van der Waals surface area contributed by atoms with Crippen molar-refractivity contribution < 1.29 is 9.53 Å². The zero-order chi connectivity index (χ0) is 17.2. The van der Waals surface area contributed by atoms with Gasteiger partial charge < -0.3 is 9.72 Å². The molecule has 25 heavy (non-hydrogen) atoms. The minimum absolute atomic E-state index is 0.00752. The number of hydrogen-bond donors (Lipinski definition) is 1. The standard InChI is InChI=1S/C22H17NO2/c1-25-20-7-6-16-13-19(5-4-17(16)14-20)22(24)9-3-15-2-8-21-18(12-15)10-11-23-21/h2-14,23H,1H3/b9-3+. The van der Waals surface area contributed by atoms with Gasteiger partial charge in [-0.2, -0.15) is 0 Å². The maximum Gasteiger partial charge on any atom is 0.185 e. The van der Waals surface area contributed by atoms with Gasteiger partial charge in [-0.25, -0.2) is 0 Å². The molecule has 0 bridgehead atoms. The van der Waals surface area contributed by atoms with Gasteiger partial charge >= 0.3 is 0 Å². The van der Waals surface area contributed by atoms with Crippen molar-refractivity contribution >= 4 is 33.5 Å². The summed E-state index contributed by atoms with van der Waals surface area (Å²) in [6.45, 7) is 0. The molecule has 0 aliphatic heterocycles. The van der Waals surface area contributed by atoms with Crippen molar-refractivity contribution in [1.82, 2.24) is 4.98 Å². The van der Waals surface area contributed by atoms with E-state index in [2.05, 4.69) is 11.1 Å². The van der Waals surface area contributed by atoms with Gasteiger partial charge in [0.05, 0.1) is 7.11 Å². The molecule has 3 heteroatoms. The molecule has 0 radical (unpaired) electrons. The van der Waals surface area contributed by atoms with E-state index in [1.54, 1.807) is 13.2 Å². The Morgan fingerprint density at radius 3 is 2.64 bits per heavy atom. The first-order valence-electron chi connectivity index (χ1n) is 8.10. The Balaban J connectivity index is 1.60. The molecule has 1 aromatic heterocycles. The topological polar surface area (TPSA) is 42.1 Å². The lowest BCUT2D eigenvalue weighted by molar-refractivity contribution is 0.104. The summed E-state index contributed by atoms with van der Waals surface area (Å²) in [6.07, 6.45) is 5.39. The van der Waals surface area contributed by atoms with Crippen LogP contribution in [0, 0.1) is 0 Å². The SMILES string of the molecule is COc1ccc2cc(C(=O)/C=C/c3ccc4[nH]ccc4c3)ccc2c1. The number of hydrogen-bond acceptors (Lipinski definition) is 2. The van der Waals surface area contributed by atoms with Crippen LogP contribution in [0.25, 0.3) is 27.8 Å². The first-order chi connectivity index (χ1) is 12.2. The lowest BCUT2D eigenvalue weighted by Gasteiger charge is -2.04. The highest BCUT2D eigenvalue weighted by Crippen LogP contribution is 2.22. The minimum atomic E-state index is -0.00752. The number of carbonyl (C=O) groups excluding carboxylic acids is 1. The molecular formula is C22H17NO2. The molecule has 0 atom stereocenters. The second-order valence-corrected chi connectivity index (χ2v) is 5.95. The van der Waals surface area contributed by atoms with Gasteiger partial charge in [0, 0.05) is 17.3 Å². The highest BCUT2D eigenvalue weighted by molar-refractivity contribution is 6.08. The van der Waals surface area contributed by atoms with Crippen LogP contribution in [0.2, 0.25) is 0 Å². The molecule has 122 valence electrons. The van der Waals surface area contributed by atoms with E-state index in [4.69, 9.17) is 4.74 Å². The fraction of sp³-hybridized carbons (Fsp3) is 0.0455. The van der Waals surface area contributed by atoms with E-state index in [-0.39, 0.29) is 5.78 Å². The first kappa shape index (κ1) is 15.2. The quantitative estimate of drug-likeness (QED) is 0.412. The third kappa shape index (κ3) is 3.04. The van der Waals surface area contributed by atoms with Crippen molar-refractivity contribution in [2.45, 2.75) is 0 Å². The van der Waals surface area contributed by atoms with Crippen molar-refractivity contribution in [2.75, 3.05) is 7.11 Å². The van der Waals surface area contributed by atoms with Gasteiger partial charge in [0.1, 0.15) is 5.75 Å². The van der Waals surface area contributed by atoms with Crippen molar-refractivity contribution in [3.8, 4) is 5.75 Å². The average molecular weight is 327 g/mol. The number of rotatable bonds is 4. The Morgan fingerprint density at radius 1 is 0.920 bits per heavy atom. The molecule has 0 spiro atoms. The first-order valence-corrected chi connectivity index (χ1v) is 8.10. The zero-order valence-electron chi connectivity index (χ0n) is 13.8. The molecule has 0 fully saturated rings. The van der Waals surface area contributed by atoms with E-state index in [1.807, 2.05) is 66.9 Å². The summed E-state index contributed by atoms with van der Waals surface area (Å²) in [6, 6.07) is 19.6. The molecule has 0 aliphatic rings. The highest BCUT2D eigenvalue weighted by Gasteiger charge is 2.04. The van der Waals surface area contributed by atoms with E-state index in [1.165, 1.54) is 0 Å².